The first-order valence-electron chi connectivity index (χ1n) is 8.74. The third-order valence-corrected chi connectivity index (χ3v) is 5.46. The highest BCUT2D eigenvalue weighted by Crippen LogP contribution is 2.34. The number of esters is 1. The van der Waals surface area contributed by atoms with Crippen LogP contribution in [0.2, 0.25) is 5.02 Å². The van der Waals surface area contributed by atoms with Crippen LogP contribution in [-0.4, -0.2) is 18.0 Å². The Kier molecular flexibility index (Phi) is 5.91. The Balaban J connectivity index is 1.84. The van der Waals surface area contributed by atoms with Crippen LogP contribution >= 0.6 is 22.9 Å². The first-order chi connectivity index (χ1) is 13.3. The van der Waals surface area contributed by atoms with Gasteiger partial charge in [0.25, 0.3) is 5.91 Å². The van der Waals surface area contributed by atoms with E-state index in [1.807, 2.05) is 26.0 Å². The molecule has 0 aliphatic carbocycles. The number of hydrogen-bond acceptors (Lipinski definition) is 5. The molecule has 7 heteroatoms. The van der Waals surface area contributed by atoms with Crippen molar-refractivity contribution in [2.45, 2.75) is 33.8 Å². The van der Waals surface area contributed by atoms with Crippen molar-refractivity contribution in [2.24, 2.45) is 0 Å². The number of halogens is 1. The summed E-state index contributed by atoms with van der Waals surface area (Å²) in [6.07, 6.45) is -0.249. The fraction of sp³-hybridized carbons (Fsp3) is 0.238. The lowest BCUT2D eigenvalue weighted by Gasteiger charge is -2.10. The van der Waals surface area contributed by atoms with E-state index in [0.29, 0.717) is 21.3 Å². The topological polar surface area (TPSA) is 68.5 Å². The van der Waals surface area contributed by atoms with E-state index in [1.165, 1.54) is 11.3 Å². The number of hydrogen-bond donors (Lipinski definition) is 1. The van der Waals surface area contributed by atoms with E-state index in [4.69, 9.17) is 20.8 Å². The van der Waals surface area contributed by atoms with E-state index < -0.39 is 11.9 Å². The summed E-state index contributed by atoms with van der Waals surface area (Å²) >= 11 is 7.34. The smallest absolute Gasteiger partial charge is 0.341 e. The summed E-state index contributed by atoms with van der Waals surface area (Å²) in [5.41, 5.74) is 1.95. The van der Waals surface area contributed by atoms with Crippen LogP contribution < -0.4 is 5.32 Å². The molecule has 0 spiro atoms. The second kappa shape index (κ2) is 8.20. The van der Waals surface area contributed by atoms with Crippen LogP contribution in [-0.2, 0) is 4.74 Å². The van der Waals surface area contributed by atoms with Gasteiger partial charge >= 0.3 is 5.97 Å². The molecule has 3 rings (SSSR count). The maximum Gasteiger partial charge on any atom is 0.341 e. The highest BCUT2D eigenvalue weighted by Gasteiger charge is 2.24. The standard InChI is InChI=1S/C21H20ClNO4S/c1-11(2)26-21(25)18-12(3)13(4)28-20(18)23-19(24)17-9-8-16(27-17)14-6-5-7-15(22)10-14/h5-11H,1-4H3,(H,23,24). The lowest BCUT2D eigenvalue weighted by Crippen LogP contribution is -2.16. The fourth-order valence-electron chi connectivity index (χ4n) is 2.66. The van der Waals surface area contributed by atoms with Crippen LogP contribution in [0.3, 0.4) is 0 Å². The summed E-state index contributed by atoms with van der Waals surface area (Å²) in [5.74, 6) is -0.216. The van der Waals surface area contributed by atoms with Gasteiger partial charge in [-0.05, 0) is 57.5 Å². The molecular weight excluding hydrogens is 398 g/mol. The van der Waals surface area contributed by atoms with Crippen molar-refractivity contribution in [3.05, 3.63) is 63.2 Å². The molecule has 1 aromatic carbocycles. The van der Waals surface area contributed by atoms with Crippen LogP contribution in [0, 0.1) is 13.8 Å². The van der Waals surface area contributed by atoms with E-state index in [2.05, 4.69) is 5.32 Å². The van der Waals surface area contributed by atoms with E-state index >= 15 is 0 Å². The lowest BCUT2D eigenvalue weighted by molar-refractivity contribution is 0.0379. The van der Waals surface area contributed by atoms with Gasteiger partial charge in [-0.3, -0.25) is 4.79 Å². The average molecular weight is 418 g/mol. The minimum absolute atomic E-state index is 0.141. The van der Waals surface area contributed by atoms with Crippen molar-refractivity contribution in [1.82, 2.24) is 0 Å². The van der Waals surface area contributed by atoms with Crippen molar-refractivity contribution in [1.29, 1.82) is 0 Å². The zero-order chi connectivity index (χ0) is 20.4. The molecule has 0 fully saturated rings. The molecule has 5 nitrogen and oxygen atoms in total. The van der Waals surface area contributed by atoms with Crippen LogP contribution in [0.5, 0.6) is 0 Å². The average Bonchev–Trinajstić information content (AvgIpc) is 3.20. The predicted octanol–water partition coefficient (Wildman–Crippen LogP) is 6.10. The summed E-state index contributed by atoms with van der Waals surface area (Å²) in [6, 6.07) is 10.5. The molecule has 0 saturated carbocycles. The van der Waals surface area contributed by atoms with Gasteiger partial charge in [-0.15, -0.1) is 11.3 Å². The third kappa shape index (κ3) is 4.29. The van der Waals surface area contributed by atoms with Gasteiger partial charge in [0.1, 0.15) is 10.8 Å². The molecule has 0 aliphatic rings. The lowest BCUT2D eigenvalue weighted by atomic mass is 10.1. The Hall–Kier alpha value is -2.57. The molecule has 0 aliphatic heterocycles. The van der Waals surface area contributed by atoms with Gasteiger partial charge < -0.3 is 14.5 Å². The number of nitrogens with one attached hydrogen (secondary N) is 1. The summed E-state index contributed by atoms with van der Waals surface area (Å²) < 4.78 is 11.0. The number of anilines is 1. The van der Waals surface area contributed by atoms with Gasteiger partial charge in [0, 0.05) is 15.5 Å². The van der Waals surface area contributed by atoms with E-state index in [0.717, 1.165) is 16.0 Å². The number of thiophene rings is 1. The second-order valence-corrected chi connectivity index (χ2v) is 8.23. The third-order valence-electron chi connectivity index (χ3n) is 4.10. The van der Waals surface area contributed by atoms with Crippen molar-refractivity contribution in [3.8, 4) is 11.3 Å². The first kappa shape index (κ1) is 20.2. The van der Waals surface area contributed by atoms with Crippen LogP contribution in [0.4, 0.5) is 5.00 Å². The second-order valence-electron chi connectivity index (χ2n) is 6.57. The molecule has 146 valence electrons. The molecule has 0 radical (unpaired) electrons. The van der Waals surface area contributed by atoms with Gasteiger partial charge in [0.2, 0.25) is 0 Å². The molecule has 0 unspecified atom stereocenters. The number of benzene rings is 1. The highest BCUT2D eigenvalue weighted by molar-refractivity contribution is 7.16. The van der Waals surface area contributed by atoms with Crippen molar-refractivity contribution < 1.29 is 18.7 Å². The van der Waals surface area contributed by atoms with E-state index in [-0.39, 0.29) is 11.9 Å². The van der Waals surface area contributed by atoms with Gasteiger partial charge in [-0.2, -0.15) is 0 Å². The molecule has 0 saturated heterocycles. The van der Waals surface area contributed by atoms with Gasteiger partial charge in [0.15, 0.2) is 5.76 Å². The molecule has 1 amide bonds. The Labute approximate surface area is 172 Å². The van der Waals surface area contributed by atoms with Crippen molar-refractivity contribution in [3.63, 3.8) is 0 Å². The molecular formula is C21H20ClNO4S. The number of rotatable bonds is 5. The first-order valence-corrected chi connectivity index (χ1v) is 9.93. The molecule has 0 atom stereocenters. The van der Waals surface area contributed by atoms with Crippen molar-refractivity contribution >= 4 is 39.8 Å². The summed E-state index contributed by atoms with van der Waals surface area (Å²) in [5, 5.41) is 3.81. The molecule has 2 heterocycles. The molecule has 3 aromatic rings. The van der Waals surface area contributed by atoms with E-state index in [1.54, 1.807) is 38.1 Å². The Bertz CT molecular complexity index is 1030. The molecule has 2 aromatic heterocycles. The number of carbonyl (C=O) groups excluding carboxylic acids is 2. The Morgan fingerprint density at radius 3 is 2.61 bits per heavy atom. The summed E-state index contributed by atoms with van der Waals surface area (Å²) in [6.45, 7) is 7.30. The number of amides is 1. The zero-order valence-corrected chi connectivity index (χ0v) is 17.5. The monoisotopic (exact) mass is 417 g/mol. The highest BCUT2D eigenvalue weighted by atomic mass is 35.5. The largest absolute Gasteiger partial charge is 0.459 e. The van der Waals surface area contributed by atoms with Crippen LogP contribution in [0.1, 0.15) is 45.2 Å². The van der Waals surface area contributed by atoms with Crippen LogP contribution in [0.15, 0.2) is 40.8 Å². The maximum atomic E-state index is 12.7. The number of aryl methyl sites for hydroxylation is 1. The normalized spacial score (nSPS) is 10.9. The molecule has 1 N–H and O–H groups in total. The fourth-order valence-corrected chi connectivity index (χ4v) is 3.89. The Morgan fingerprint density at radius 2 is 1.93 bits per heavy atom. The number of furan rings is 1. The predicted molar refractivity (Wildman–Crippen MR) is 111 cm³/mol. The quantitative estimate of drug-likeness (QED) is 0.509. The zero-order valence-electron chi connectivity index (χ0n) is 16.0. The Morgan fingerprint density at radius 1 is 1.18 bits per heavy atom. The molecule has 0 bridgehead atoms. The minimum atomic E-state index is -0.453. The number of carbonyl (C=O) groups is 2. The number of ether oxygens (including phenoxy) is 1. The van der Waals surface area contributed by atoms with Gasteiger partial charge in [-0.25, -0.2) is 4.79 Å². The van der Waals surface area contributed by atoms with Gasteiger partial charge in [-0.1, -0.05) is 23.7 Å². The maximum absolute atomic E-state index is 12.7. The summed E-state index contributed by atoms with van der Waals surface area (Å²) in [4.78, 5) is 26.0. The van der Waals surface area contributed by atoms with Crippen LogP contribution in [0.25, 0.3) is 11.3 Å². The minimum Gasteiger partial charge on any atom is -0.459 e. The summed E-state index contributed by atoms with van der Waals surface area (Å²) in [7, 11) is 0. The van der Waals surface area contributed by atoms with Gasteiger partial charge in [0.05, 0.1) is 11.7 Å². The SMILES string of the molecule is Cc1sc(NC(=O)c2ccc(-c3cccc(Cl)c3)o2)c(C(=O)OC(C)C)c1C. The molecule has 28 heavy (non-hydrogen) atoms. The van der Waals surface area contributed by atoms with E-state index in [9.17, 15) is 9.59 Å². The van der Waals surface area contributed by atoms with Crippen molar-refractivity contribution in [2.75, 3.05) is 5.32 Å².